The molecule has 0 saturated carbocycles. The lowest BCUT2D eigenvalue weighted by Crippen LogP contribution is -2.36. The molecule has 9 nitrogen and oxygen atoms in total. The number of aromatic nitrogens is 4. The fraction of sp³-hybridized carbons (Fsp3) is 0.353. The smallest absolute Gasteiger partial charge is 0.332 e. The number of sulfonamides is 1. The summed E-state index contributed by atoms with van der Waals surface area (Å²) in [4.78, 5) is 31.4. The van der Waals surface area contributed by atoms with Crippen LogP contribution in [0.3, 0.4) is 0 Å². The number of fused-ring (bicyclic) bond motifs is 2. The normalized spacial score (nSPS) is 14.0. The molecule has 1 aliphatic rings. The van der Waals surface area contributed by atoms with Gasteiger partial charge in [0.15, 0.2) is 5.65 Å². The van der Waals surface area contributed by atoms with Crippen LogP contribution in [0.15, 0.2) is 32.7 Å². The van der Waals surface area contributed by atoms with E-state index in [0.29, 0.717) is 0 Å². The maximum absolute atomic E-state index is 12.6. The molecule has 27 heavy (non-hydrogen) atoms. The van der Waals surface area contributed by atoms with Crippen LogP contribution >= 0.6 is 0 Å². The number of hydrogen-bond donors (Lipinski definition) is 2. The van der Waals surface area contributed by atoms with E-state index in [4.69, 9.17) is 0 Å². The molecule has 0 fully saturated rings. The fourth-order valence-corrected chi connectivity index (χ4v) is 4.46. The van der Waals surface area contributed by atoms with Gasteiger partial charge in [-0.1, -0.05) is 6.07 Å². The molecule has 0 bridgehead atoms. The standard InChI is InChI=1S/C17H19N5O4S/c1-21-15-14(16(23)22(2)17(21)24)19-13(20-15)9-18-27(25,26)12-7-6-10-4-3-5-11(10)8-12/h6-8,18H,3-5,9H2,1-2H3,(H,19,20). The van der Waals surface area contributed by atoms with Crippen LogP contribution in [-0.4, -0.2) is 27.5 Å². The Kier molecular flexibility index (Phi) is 4.04. The van der Waals surface area contributed by atoms with E-state index in [9.17, 15) is 18.0 Å². The van der Waals surface area contributed by atoms with Gasteiger partial charge in [-0.25, -0.2) is 22.9 Å². The molecule has 0 aliphatic heterocycles. The topological polar surface area (TPSA) is 119 Å². The zero-order valence-electron chi connectivity index (χ0n) is 14.9. The third-order valence-corrected chi connectivity index (χ3v) is 6.35. The molecule has 1 aromatic carbocycles. The fourth-order valence-electron chi connectivity index (χ4n) is 3.42. The second kappa shape index (κ2) is 6.17. The largest absolute Gasteiger partial charge is 0.335 e. The molecular weight excluding hydrogens is 370 g/mol. The number of H-pyrrole nitrogens is 1. The van der Waals surface area contributed by atoms with Gasteiger partial charge in [0.05, 0.1) is 11.4 Å². The first kappa shape index (κ1) is 17.7. The Morgan fingerprint density at radius 2 is 1.89 bits per heavy atom. The van der Waals surface area contributed by atoms with Crippen LogP contribution in [0, 0.1) is 0 Å². The van der Waals surface area contributed by atoms with Crippen LogP contribution < -0.4 is 16.0 Å². The highest BCUT2D eigenvalue weighted by atomic mass is 32.2. The molecule has 0 amide bonds. The van der Waals surface area contributed by atoms with Crippen LogP contribution in [0.5, 0.6) is 0 Å². The Balaban J connectivity index is 1.63. The molecule has 0 spiro atoms. The first-order valence-electron chi connectivity index (χ1n) is 8.54. The Labute approximate surface area is 154 Å². The minimum atomic E-state index is -3.72. The van der Waals surface area contributed by atoms with Gasteiger partial charge in [-0.2, -0.15) is 0 Å². The maximum atomic E-state index is 12.6. The number of aryl methyl sites for hydroxylation is 3. The van der Waals surface area contributed by atoms with Gasteiger partial charge in [-0.05, 0) is 42.5 Å². The van der Waals surface area contributed by atoms with Crippen molar-refractivity contribution in [2.75, 3.05) is 0 Å². The van der Waals surface area contributed by atoms with E-state index >= 15 is 0 Å². The summed E-state index contributed by atoms with van der Waals surface area (Å²) in [6, 6.07) is 5.17. The lowest BCUT2D eigenvalue weighted by Gasteiger charge is -2.07. The SMILES string of the molecule is Cn1c(=O)c2[nH]c(CNS(=O)(=O)c3ccc4c(c3)CCC4)nc2n(C)c1=O. The molecule has 0 radical (unpaired) electrons. The molecule has 2 heterocycles. The lowest BCUT2D eigenvalue weighted by molar-refractivity contribution is 0.579. The monoisotopic (exact) mass is 389 g/mol. The summed E-state index contributed by atoms with van der Waals surface area (Å²) in [7, 11) is -0.836. The average molecular weight is 389 g/mol. The molecule has 0 saturated heterocycles. The second-order valence-electron chi connectivity index (χ2n) is 6.70. The quantitative estimate of drug-likeness (QED) is 0.647. The molecule has 10 heteroatoms. The third-order valence-electron chi connectivity index (χ3n) is 4.95. The third kappa shape index (κ3) is 2.90. The van der Waals surface area contributed by atoms with Gasteiger partial charge in [0, 0.05) is 14.1 Å². The number of benzene rings is 1. The summed E-state index contributed by atoms with van der Waals surface area (Å²) in [6.07, 6.45) is 2.91. The molecule has 2 N–H and O–H groups in total. The molecule has 4 rings (SSSR count). The number of aromatic amines is 1. The van der Waals surface area contributed by atoms with Gasteiger partial charge in [0.25, 0.3) is 5.56 Å². The van der Waals surface area contributed by atoms with Crippen LogP contribution in [0.1, 0.15) is 23.4 Å². The zero-order valence-corrected chi connectivity index (χ0v) is 15.8. The van der Waals surface area contributed by atoms with E-state index in [1.807, 2.05) is 6.07 Å². The zero-order chi connectivity index (χ0) is 19.3. The summed E-state index contributed by atoms with van der Waals surface area (Å²) in [5, 5.41) is 0. The Morgan fingerprint density at radius 3 is 2.67 bits per heavy atom. The van der Waals surface area contributed by atoms with E-state index in [2.05, 4.69) is 14.7 Å². The van der Waals surface area contributed by atoms with Gasteiger partial charge < -0.3 is 4.98 Å². The summed E-state index contributed by atoms with van der Waals surface area (Å²) >= 11 is 0. The number of rotatable bonds is 4. The molecule has 3 aromatic rings. The van der Waals surface area contributed by atoms with Gasteiger partial charge in [0.2, 0.25) is 10.0 Å². The summed E-state index contributed by atoms with van der Waals surface area (Å²) in [5.41, 5.74) is 1.61. The maximum Gasteiger partial charge on any atom is 0.332 e. The Morgan fingerprint density at radius 1 is 1.15 bits per heavy atom. The predicted octanol–water partition coefficient (Wildman–Crippen LogP) is -0.0725. The van der Waals surface area contributed by atoms with Crippen molar-refractivity contribution < 1.29 is 8.42 Å². The minimum Gasteiger partial charge on any atom is -0.335 e. The molecule has 2 aromatic heterocycles. The minimum absolute atomic E-state index is 0.120. The summed E-state index contributed by atoms with van der Waals surface area (Å²) < 4.78 is 29.9. The van der Waals surface area contributed by atoms with E-state index in [-0.39, 0.29) is 28.4 Å². The van der Waals surface area contributed by atoms with E-state index in [0.717, 1.165) is 29.4 Å². The molecular formula is C17H19N5O4S. The van der Waals surface area contributed by atoms with Gasteiger partial charge in [-0.15, -0.1) is 0 Å². The average Bonchev–Trinajstić information content (AvgIpc) is 3.29. The van der Waals surface area contributed by atoms with Gasteiger partial charge >= 0.3 is 5.69 Å². The molecule has 0 unspecified atom stereocenters. The van der Waals surface area contributed by atoms with Crippen molar-refractivity contribution in [1.29, 1.82) is 0 Å². The van der Waals surface area contributed by atoms with Crippen LogP contribution in [0.25, 0.3) is 11.2 Å². The van der Waals surface area contributed by atoms with Crippen molar-refractivity contribution in [1.82, 2.24) is 23.8 Å². The van der Waals surface area contributed by atoms with Crippen molar-refractivity contribution in [2.24, 2.45) is 14.1 Å². The van der Waals surface area contributed by atoms with Crippen molar-refractivity contribution >= 4 is 21.2 Å². The van der Waals surface area contributed by atoms with Crippen molar-refractivity contribution in [2.45, 2.75) is 30.7 Å². The summed E-state index contributed by atoms with van der Waals surface area (Å²) in [6.45, 7) is -0.120. The number of imidazole rings is 1. The molecule has 1 aliphatic carbocycles. The first-order valence-corrected chi connectivity index (χ1v) is 10.0. The summed E-state index contributed by atoms with van der Waals surface area (Å²) in [5.74, 6) is 0.257. The van der Waals surface area contributed by atoms with Crippen LogP contribution in [0.2, 0.25) is 0 Å². The van der Waals surface area contributed by atoms with E-state index in [1.54, 1.807) is 12.1 Å². The Bertz CT molecular complexity index is 1280. The second-order valence-corrected chi connectivity index (χ2v) is 8.46. The highest BCUT2D eigenvalue weighted by molar-refractivity contribution is 7.89. The highest BCUT2D eigenvalue weighted by Gasteiger charge is 2.20. The first-order chi connectivity index (χ1) is 12.8. The van der Waals surface area contributed by atoms with Crippen LogP contribution in [-0.2, 0) is 43.5 Å². The van der Waals surface area contributed by atoms with Crippen molar-refractivity contribution in [3.63, 3.8) is 0 Å². The highest BCUT2D eigenvalue weighted by Crippen LogP contribution is 2.24. The Hall–Kier alpha value is -2.72. The number of nitrogens with zero attached hydrogens (tertiary/aromatic N) is 3. The van der Waals surface area contributed by atoms with Gasteiger partial charge in [-0.3, -0.25) is 13.9 Å². The van der Waals surface area contributed by atoms with E-state index in [1.165, 1.54) is 24.2 Å². The van der Waals surface area contributed by atoms with Crippen LogP contribution in [0.4, 0.5) is 0 Å². The predicted molar refractivity (Wildman–Crippen MR) is 99.1 cm³/mol. The molecule has 142 valence electrons. The van der Waals surface area contributed by atoms with E-state index < -0.39 is 21.3 Å². The number of nitrogens with one attached hydrogen (secondary N) is 2. The van der Waals surface area contributed by atoms with Crippen molar-refractivity contribution in [3.8, 4) is 0 Å². The van der Waals surface area contributed by atoms with Gasteiger partial charge in [0.1, 0.15) is 11.3 Å². The number of hydrogen-bond acceptors (Lipinski definition) is 5. The lowest BCUT2D eigenvalue weighted by atomic mass is 10.1. The van der Waals surface area contributed by atoms with Crippen molar-refractivity contribution in [3.05, 3.63) is 56.0 Å². The molecule has 0 atom stereocenters.